The van der Waals surface area contributed by atoms with Crippen molar-refractivity contribution in [1.82, 2.24) is 15.6 Å². The van der Waals surface area contributed by atoms with E-state index in [4.69, 9.17) is 14.7 Å². The lowest BCUT2D eigenvalue weighted by atomic mass is 9.94. The highest BCUT2D eigenvalue weighted by Crippen LogP contribution is 2.40. The van der Waals surface area contributed by atoms with E-state index in [-0.39, 0.29) is 18.0 Å². The van der Waals surface area contributed by atoms with Gasteiger partial charge in [-0.05, 0) is 57.0 Å². The molecule has 0 unspecified atom stereocenters. The molecule has 1 aliphatic rings. The molecule has 180 valence electrons. The molecule has 1 aromatic carbocycles. The predicted octanol–water partition coefficient (Wildman–Crippen LogP) is 3.72. The molecule has 2 amide bonds. The van der Waals surface area contributed by atoms with Crippen molar-refractivity contribution in [3.05, 3.63) is 47.8 Å². The van der Waals surface area contributed by atoms with E-state index in [2.05, 4.69) is 15.6 Å². The molecule has 11 heteroatoms. The van der Waals surface area contributed by atoms with Crippen LogP contribution in [0.4, 0.5) is 13.2 Å². The number of amides is 2. The molecule has 8 nitrogen and oxygen atoms in total. The maximum atomic E-state index is 13.3. The summed E-state index contributed by atoms with van der Waals surface area (Å²) in [5, 5.41) is 14.4. The Labute approximate surface area is 194 Å². The van der Waals surface area contributed by atoms with Gasteiger partial charge in [0, 0.05) is 0 Å². The number of nitrogens with one attached hydrogen (secondary N) is 2. The minimum Gasteiger partial charge on any atom is -0.497 e. The first-order valence-electron chi connectivity index (χ1n) is 10.3. The van der Waals surface area contributed by atoms with Crippen LogP contribution in [0.15, 0.2) is 36.5 Å². The molecule has 0 radical (unpaired) electrons. The Morgan fingerprint density at radius 3 is 2.38 bits per heavy atom. The molecule has 0 atom stereocenters. The molecule has 0 saturated heterocycles. The van der Waals surface area contributed by atoms with Gasteiger partial charge in [0.1, 0.15) is 33.8 Å². The van der Waals surface area contributed by atoms with Crippen molar-refractivity contribution in [3.63, 3.8) is 0 Å². The molecule has 2 aromatic rings. The number of rotatable bonds is 8. The highest BCUT2D eigenvalue weighted by atomic mass is 19.4. The number of carbonyl (C=O) groups is 2. The predicted molar refractivity (Wildman–Crippen MR) is 114 cm³/mol. The molecule has 34 heavy (non-hydrogen) atoms. The third-order valence-electron chi connectivity index (χ3n) is 5.33. The summed E-state index contributed by atoms with van der Waals surface area (Å²) in [7, 11) is 1.27. The van der Waals surface area contributed by atoms with Crippen molar-refractivity contribution in [2.45, 2.75) is 44.9 Å². The van der Waals surface area contributed by atoms with Gasteiger partial charge in [-0.3, -0.25) is 14.6 Å². The summed E-state index contributed by atoms with van der Waals surface area (Å²) in [6.07, 6.45) is -2.49. The van der Waals surface area contributed by atoms with Crippen LogP contribution in [0.25, 0.3) is 0 Å². The van der Waals surface area contributed by atoms with Crippen molar-refractivity contribution >= 4 is 11.8 Å². The quantitative estimate of drug-likeness (QED) is 0.601. The molecule has 2 N–H and O–H groups in total. The summed E-state index contributed by atoms with van der Waals surface area (Å²) in [5.74, 6) is -1.20. The molecule has 1 aliphatic carbocycles. The first kappa shape index (κ1) is 24.8. The summed E-state index contributed by atoms with van der Waals surface area (Å²) in [6, 6.07) is 8.19. The number of alkyl halides is 3. The van der Waals surface area contributed by atoms with Gasteiger partial charge in [-0.2, -0.15) is 18.4 Å². The molecular formula is C23H23F3N4O4. The van der Waals surface area contributed by atoms with Crippen LogP contribution in [0.3, 0.4) is 0 Å². The fourth-order valence-electron chi connectivity index (χ4n) is 2.95. The molecule has 1 aromatic heterocycles. The number of hydrogen-bond donors (Lipinski definition) is 2. The molecule has 0 spiro atoms. The lowest BCUT2D eigenvalue weighted by Crippen LogP contribution is -2.52. The molecule has 1 fully saturated rings. The number of methoxy groups -OCH3 is 1. The van der Waals surface area contributed by atoms with Crippen molar-refractivity contribution in [1.29, 1.82) is 5.26 Å². The fraction of sp³-hybridized carbons (Fsp3) is 0.391. The second kappa shape index (κ2) is 9.21. The van der Waals surface area contributed by atoms with Gasteiger partial charge in [-0.25, -0.2) is 0 Å². The van der Waals surface area contributed by atoms with Gasteiger partial charge in [0.25, 0.3) is 0 Å². The number of pyridine rings is 1. The Hall–Kier alpha value is -3.81. The highest BCUT2D eigenvalue weighted by Gasteiger charge is 2.52. The van der Waals surface area contributed by atoms with Crippen LogP contribution in [-0.4, -0.2) is 29.4 Å². The van der Waals surface area contributed by atoms with Gasteiger partial charge in [0.15, 0.2) is 0 Å². The van der Waals surface area contributed by atoms with E-state index in [0.717, 1.165) is 12.1 Å². The molecule has 1 heterocycles. The first-order chi connectivity index (χ1) is 15.9. The van der Waals surface area contributed by atoms with Gasteiger partial charge in [0.05, 0.1) is 31.6 Å². The third kappa shape index (κ3) is 5.57. The number of nitriles is 1. The highest BCUT2D eigenvalue weighted by molar-refractivity contribution is 5.96. The Balaban J connectivity index is 1.62. The van der Waals surface area contributed by atoms with Crippen molar-refractivity contribution in [2.24, 2.45) is 5.41 Å². The number of ether oxygens (including phenoxy) is 2. The van der Waals surface area contributed by atoms with Gasteiger partial charge in [-0.15, -0.1) is 0 Å². The van der Waals surface area contributed by atoms with Crippen molar-refractivity contribution < 1.29 is 32.2 Å². The Kier molecular flexibility index (Phi) is 6.72. The second-order valence-electron chi connectivity index (χ2n) is 8.40. The number of hydrogen-bond acceptors (Lipinski definition) is 6. The number of carbonyl (C=O) groups excluding carboxylic acids is 2. The fourth-order valence-corrected chi connectivity index (χ4v) is 2.95. The summed E-state index contributed by atoms with van der Waals surface area (Å²) in [5.41, 5.74) is -2.86. The van der Waals surface area contributed by atoms with Gasteiger partial charge in [-0.1, -0.05) is 0 Å². The summed E-state index contributed by atoms with van der Waals surface area (Å²) in [6.45, 7) is 2.97. The molecule has 0 aliphatic heterocycles. The first-order valence-corrected chi connectivity index (χ1v) is 10.3. The van der Waals surface area contributed by atoms with Crippen LogP contribution in [0.5, 0.6) is 17.2 Å². The minimum absolute atomic E-state index is 0.0364. The van der Waals surface area contributed by atoms with Crippen LogP contribution >= 0.6 is 0 Å². The van der Waals surface area contributed by atoms with Crippen LogP contribution in [0.2, 0.25) is 0 Å². The lowest BCUT2D eigenvalue weighted by molar-refractivity contribution is -0.138. The topological polar surface area (TPSA) is 113 Å². The van der Waals surface area contributed by atoms with E-state index in [9.17, 15) is 22.8 Å². The van der Waals surface area contributed by atoms with Crippen LogP contribution in [0.1, 0.15) is 37.9 Å². The van der Waals surface area contributed by atoms with E-state index in [1.54, 1.807) is 0 Å². The SMILES string of the molecule is COc1ccc(Oc2ccc(CNC(=O)C3(NC(=O)C(C)(C)C#N)CC3)nc2)c(C(F)(F)F)c1. The summed E-state index contributed by atoms with van der Waals surface area (Å²) >= 11 is 0. The van der Waals surface area contributed by atoms with Gasteiger partial charge >= 0.3 is 6.18 Å². The number of benzene rings is 1. The molecule has 0 bridgehead atoms. The van der Waals surface area contributed by atoms with E-state index in [1.165, 1.54) is 45.4 Å². The van der Waals surface area contributed by atoms with Crippen LogP contribution in [-0.2, 0) is 22.3 Å². The standard InChI is InChI=1S/C23H23F3N4O4/c1-21(2,13-27)19(31)30-22(8-9-22)20(32)29-11-14-4-5-16(12-28-14)34-18-7-6-15(33-3)10-17(18)23(24,25)26/h4-7,10,12H,8-9,11H2,1-3H3,(H,29,32)(H,30,31). The zero-order chi connectivity index (χ0) is 25.1. The second-order valence-corrected chi connectivity index (χ2v) is 8.40. The monoisotopic (exact) mass is 476 g/mol. The van der Waals surface area contributed by atoms with Crippen LogP contribution < -0.4 is 20.1 Å². The van der Waals surface area contributed by atoms with Gasteiger partial charge < -0.3 is 20.1 Å². The largest absolute Gasteiger partial charge is 0.497 e. The van der Waals surface area contributed by atoms with Crippen molar-refractivity contribution in [2.75, 3.05) is 7.11 Å². The zero-order valence-corrected chi connectivity index (χ0v) is 18.7. The van der Waals surface area contributed by atoms with E-state index < -0.39 is 40.3 Å². The smallest absolute Gasteiger partial charge is 0.420 e. The van der Waals surface area contributed by atoms with E-state index in [0.29, 0.717) is 18.5 Å². The Bertz CT molecular complexity index is 1120. The molecular weight excluding hydrogens is 453 g/mol. The Morgan fingerprint density at radius 1 is 1.18 bits per heavy atom. The average Bonchev–Trinajstić information content (AvgIpc) is 3.58. The van der Waals surface area contributed by atoms with Crippen molar-refractivity contribution in [3.8, 4) is 23.3 Å². The molecule has 3 rings (SSSR count). The summed E-state index contributed by atoms with van der Waals surface area (Å²) < 4.78 is 50.2. The normalized spacial score (nSPS) is 14.5. The zero-order valence-electron chi connectivity index (χ0n) is 18.7. The van der Waals surface area contributed by atoms with Crippen LogP contribution in [0, 0.1) is 16.7 Å². The Morgan fingerprint density at radius 2 is 1.85 bits per heavy atom. The van der Waals surface area contributed by atoms with E-state index in [1.807, 2.05) is 6.07 Å². The maximum absolute atomic E-state index is 13.3. The minimum atomic E-state index is -4.64. The average molecular weight is 476 g/mol. The summed E-state index contributed by atoms with van der Waals surface area (Å²) in [4.78, 5) is 28.9. The number of aromatic nitrogens is 1. The number of halogens is 3. The maximum Gasteiger partial charge on any atom is 0.420 e. The lowest BCUT2D eigenvalue weighted by Gasteiger charge is -2.21. The third-order valence-corrected chi connectivity index (χ3v) is 5.33. The molecule has 1 saturated carbocycles. The number of nitrogens with zero attached hydrogens (tertiary/aromatic N) is 2. The van der Waals surface area contributed by atoms with E-state index >= 15 is 0 Å². The van der Waals surface area contributed by atoms with Gasteiger partial charge in [0.2, 0.25) is 11.8 Å².